The van der Waals surface area contributed by atoms with E-state index in [9.17, 15) is 4.79 Å². The summed E-state index contributed by atoms with van der Waals surface area (Å²) in [6, 6.07) is 16.2. The molecule has 3 nitrogen and oxygen atoms in total. The van der Waals surface area contributed by atoms with Crippen molar-refractivity contribution in [1.82, 2.24) is 4.98 Å². The van der Waals surface area contributed by atoms with Crippen LogP contribution in [0.1, 0.15) is 27.9 Å². The van der Waals surface area contributed by atoms with Gasteiger partial charge in [-0.1, -0.05) is 24.3 Å². The molecule has 1 N–H and O–H groups in total. The highest BCUT2D eigenvalue weighted by atomic mass is 16.1. The Hall–Kier alpha value is -2.68. The van der Waals surface area contributed by atoms with Crippen molar-refractivity contribution in [3.8, 4) is 0 Å². The van der Waals surface area contributed by atoms with Crippen LogP contribution in [0.4, 0.5) is 5.69 Å². The summed E-state index contributed by atoms with van der Waals surface area (Å²) in [5, 5.41) is 4.24. The van der Waals surface area contributed by atoms with Crippen molar-refractivity contribution in [2.45, 2.75) is 19.3 Å². The maximum atomic E-state index is 12.4. The molecule has 2 aromatic carbocycles. The van der Waals surface area contributed by atoms with Gasteiger partial charge in [0.25, 0.3) is 0 Å². The zero-order valence-electron chi connectivity index (χ0n) is 12.9. The Morgan fingerprint density at radius 3 is 2.87 bits per heavy atom. The molecule has 3 heteroatoms. The van der Waals surface area contributed by atoms with E-state index in [0.29, 0.717) is 12.1 Å². The Balaban J connectivity index is 1.48. The number of pyridine rings is 1. The number of fused-ring (bicyclic) bond motifs is 2. The summed E-state index contributed by atoms with van der Waals surface area (Å²) in [4.78, 5) is 16.7. The number of aromatic nitrogens is 1. The summed E-state index contributed by atoms with van der Waals surface area (Å²) in [6.07, 6.45) is 5.22. The fourth-order valence-corrected chi connectivity index (χ4v) is 3.19. The van der Waals surface area contributed by atoms with Crippen molar-refractivity contribution in [1.29, 1.82) is 0 Å². The van der Waals surface area contributed by atoms with Gasteiger partial charge in [0, 0.05) is 22.8 Å². The van der Waals surface area contributed by atoms with Crippen LogP contribution in [0, 0.1) is 0 Å². The van der Waals surface area contributed by atoms with Gasteiger partial charge in [-0.15, -0.1) is 0 Å². The summed E-state index contributed by atoms with van der Waals surface area (Å²) in [6.45, 7) is 0.290. The number of nitrogens with one attached hydrogen (secondary N) is 1. The van der Waals surface area contributed by atoms with E-state index >= 15 is 0 Å². The van der Waals surface area contributed by atoms with Gasteiger partial charge >= 0.3 is 0 Å². The molecule has 1 heterocycles. The van der Waals surface area contributed by atoms with Crippen LogP contribution in [0.25, 0.3) is 10.9 Å². The first-order chi connectivity index (χ1) is 11.3. The molecule has 114 valence electrons. The standard InChI is InChI=1S/C20H18N2O/c23-20(17-10-16-4-1-2-7-19(16)22-12-17)13-21-18-9-8-14-5-3-6-15(14)11-18/h1-2,4,7-12,21H,3,5-6,13H2. The quantitative estimate of drug-likeness (QED) is 0.740. The first-order valence-corrected chi connectivity index (χ1v) is 8.03. The van der Waals surface area contributed by atoms with Gasteiger partial charge in [-0.05, 0) is 54.7 Å². The smallest absolute Gasteiger partial charge is 0.183 e. The highest BCUT2D eigenvalue weighted by Crippen LogP contribution is 2.24. The summed E-state index contributed by atoms with van der Waals surface area (Å²) in [5.74, 6) is 0.0590. The number of aryl methyl sites for hydroxylation is 2. The SMILES string of the molecule is O=C(CNc1ccc2c(c1)CCC2)c1cnc2ccccc2c1. The fraction of sp³-hybridized carbons (Fsp3) is 0.200. The van der Waals surface area contributed by atoms with Crippen LogP contribution in [0.5, 0.6) is 0 Å². The number of anilines is 1. The number of hydrogen-bond acceptors (Lipinski definition) is 3. The molecular weight excluding hydrogens is 284 g/mol. The van der Waals surface area contributed by atoms with Crippen LogP contribution in [-0.4, -0.2) is 17.3 Å². The minimum absolute atomic E-state index is 0.0590. The molecule has 0 amide bonds. The molecule has 1 aliphatic carbocycles. The average molecular weight is 302 g/mol. The molecule has 1 aliphatic rings. The molecule has 23 heavy (non-hydrogen) atoms. The third-order valence-electron chi connectivity index (χ3n) is 4.46. The highest BCUT2D eigenvalue weighted by Gasteiger charge is 2.12. The van der Waals surface area contributed by atoms with Crippen LogP contribution >= 0.6 is 0 Å². The van der Waals surface area contributed by atoms with Crippen molar-refractivity contribution < 1.29 is 4.79 Å². The number of rotatable bonds is 4. The van der Waals surface area contributed by atoms with Gasteiger partial charge in [0.2, 0.25) is 0 Å². The van der Waals surface area contributed by atoms with E-state index in [-0.39, 0.29) is 5.78 Å². The Bertz CT molecular complexity index is 886. The van der Waals surface area contributed by atoms with Crippen LogP contribution in [-0.2, 0) is 12.8 Å². The molecular formula is C20H18N2O. The lowest BCUT2D eigenvalue weighted by atomic mass is 10.1. The Morgan fingerprint density at radius 1 is 1.04 bits per heavy atom. The number of para-hydroxylation sites is 1. The number of carbonyl (C=O) groups is 1. The normalized spacial score (nSPS) is 13.0. The van der Waals surface area contributed by atoms with Crippen molar-refractivity contribution >= 4 is 22.4 Å². The number of hydrogen-bond donors (Lipinski definition) is 1. The van der Waals surface area contributed by atoms with Gasteiger partial charge in [0.1, 0.15) is 0 Å². The molecule has 0 atom stereocenters. The second kappa shape index (κ2) is 5.84. The molecule has 4 rings (SSSR count). The predicted octanol–water partition coefficient (Wildman–Crippen LogP) is 4.02. The van der Waals surface area contributed by atoms with Crippen LogP contribution in [0.3, 0.4) is 0 Å². The maximum Gasteiger partial charge on any atom is 0.183 e. The lowest BCUT2D eigenvalue weighted by Crippen LogP contribution is -2.14. The topological polar surface area (TPSA) is 42.0 Å². The average Bonchev–Trinajstić information content (AvgIpc) is 3.07. The second-order valence-corrected chi connectivity index (χ2v) is 6.03. The Kier molecular flexibility index (Phi) is 3.54. The van der Waals surface area contributed by atoms with Gasteiger partial charge in [0.15, 0.2) is 5.78 Å². The summed E-state index contributed by atoms with van der Waals surface area (Å²) in [5.41, 5.74) is 5.44. The van der Waals surface area contributed by atoms with Crippen molar-refractivity contribution in [2.75, 3.05) is 11.9 Å². The molecule has 1 aromatic heterocycles. The Labute approximate surface area is 135 Å². The number of ketones is 1. The lowest BCUT2D eigenvalue weighted by Gasteiger charge is -2.08. The fourth-order valence-electron chi connectivity index (χ4n) is 3.19. The lowest BCUT2D eigenvalue weighted by molar-refractivity contribution is 0.101. The van der Waals surface area contributed by atoms with E-state index in [4.69, 9.17) is 0 Å². The minimum Gasteiger partial charge on any atom is -0.378 e. The summed E-state index contributed by atoms with van der Waals surface area (Å²) in [7, 11) is 0. The van der Waals surface area contributed by atoms with Gasteiger partial charge < -0.3 is 5.32 Å². The van der Waals surface area contributed by atoms with Crippen LogP contribution in [0.15, 0.2) is 54.7 Å². The van der Waals surface area contributed by atoms with Gasteiger partial charge in [-0.2, -0.15) is 0 Å². The third kappa shape index (κ3) is 2.82. The third-order valence-corrected chi connectivity index (χ3v) is 4.46. The number of benzene rings is 2. The monoisotopic (exact) mass is 302 g/mol. The van der Waals surface area contributed by atoms with E-state index in [0.717, 1.165) is 23.0 Å². The molecule has 3 aromatic rings. The number of carbonyl (C=O) groups excluding carboxylic acids is 1. The number of Topliss-reactive ketones (excluding diaryl/α,β-unsaturated/α-hetero) is 1. The van der Waals surface area contributed by atoms with Gasteiger partial charge in [-0.3, -0.25) is 9.78 Å². The van der Waals surface area contributed by atoms with Crippen LogP contribution < -0.4 is 5.32 Å². The molecule has 0 bridgehead atoms. The molecule has 0 saturated carbocycles. The molecule has 0 unspecified atom stereocenters. The molecule has 0 aliphatic heterocycles. The molecule has 0 radical (unpaired) electrons. The second-order valence-electron chi connectivity index (χ2n) is 6.03. The van der Waals surface area contributed by atoms with Crippen molar-refractivity contribution in [3.63, 3.8) is 0 Å². The van der Waals surface area contributed by atoms with E-state index in [1.807, 2.05) is 30.3 Å². The van der Waals surface area contributed by atoms with E-state index in [1.165, 1.54) is 24.0 Å². The van der Waals surface area contributed by atoms with E-state index < -0.39 is 0 Å². The maximum absolute atomic E-state index is 12.4. The van der Waals surface area contributed by atoms with Crippen molar-refractivity contribution in [2.24, 2.45) is 0 Å². The zero-order chi connectivity index (χ0) is 15.6. The van der Waals surface area contributed by atoms with Gasteiger partial charge in [0.05, 0.1) is 12.1 Å². The van der Waals surface area contributed by atoms with E-state index in [1.54, 1.807) is 6.20 Å². The molecule has 0 fully saturated rings. The number of nitrogens with zero attached hydrogens (tertiary/aromatic N) is 1. The zero-order valence-corrected chi connectivity index (χ0v) is 12.9. The predicted molar refractivity (Wildman–Crippen MR) is 93.0 cm³/mol. The largest absolute Gasteiger partial charge is 0.378 e. The molecule has 0 saturated heterocycles. The summed E-state index contributed by atoms with van der Waals surface area (Å²) < 4.78 is 0. The van der Waals surface area contributed by atoms with Crippen molar-refractivity contribution in [3.05, 3.63) is 71.4 Å². The molecule has 0 spiro atoms. The Morgan fingerprint density at radius 2 is 1.91 bits per heavy atom. The summed E-state index contributed by atoms with van der Waals surface area (Å²) >= 11 is 0. The first kappa shape index (κ1) is 13.9. The first-order valence-electron chi connectivity index (χ1n) is 8.03. The van der Waals surface area contributed by atoms with E-state index in [2.05, 4.69) is 28.5 Å². The minimum atomic E-state index is 0.0590. The highest BCUT2D eigenvalue weighted by molar-refractivity contribution is 6.01. The van der Waals surface area contributed by atoms with Gasteiger partial charge in [-0.25, -0.2) is 0 Å². The van der Waals surface area contributed by atoms with Crippen LogP contribution in [0.2, 0.25) is 0 Å².